The standard InChI is InChI=1S/C52H63ClN8O9S/c1-52(2)27-42(34-6-8-36(53)9-7-34)43-31-59-18-17-58(30-38(59)32-68-19-5-21-69-48(43)28-52)37-10-12-41(45(25-37)60-16-4-20-70-51-47(60)24-35-14-15-54-49(35)56-51)50(62)57-71(65,66)40-11-13-44(46(26-40)61(63)64)55-29-33-22-39(23-33)67-3/h6-15,24-26,33,38-39,48,55,61,63H,4-5,16-23,27-32H2,1-3H3,(H,54,56)(H,57,62)/t33?,38?,39?,48-/m1/s1. The van der Waals surface area contributed by atoms with E-state index in [1.807, 2.05) is 41.3 Å². The van der Waals surface area contributed by atoms with E-state index in [9.17, 15) is 23.6 Å². The number of nitrogens with one attached hydrogen (secondary N) is 4. The number of halogens is 1. The van der Waals surface area contributed by atoms with Crippen LogP contribution >= 0.6 is 11.6 Å². The summed E-state index contributed by atoms with van der Waals surface area (Å²) in [5.74, 6) is -0.183. The van der Waals surface area contributed by atoms with Gasteiger partial charge in [-0.2, -0.15) is 10.2 Å². The normalized spacial score (nSPS) is 23.5. The van der Waals surface area contributed by atoms with Crippen LogP contribution < -0.4 is 29.8 Å². The lowest BCUT2D eigenvalue weighted by Crippen LogP contribution is -2.99. The van der Waals surface area contributed by atoms with Gasteiger partial charge < -0.3 is 44.3 Å². The lowest BCUT2D eigenvalue weighted by Gasteiger charge is -2.45. The van der Waals surface area contributed by atoms with Gasteiger partial charge in [0.2, 0.25) is 5.88 Å². The van der Waals surface area contributed by atoms with Crippen molar-refractivity contribution < 1.29 is 42.6 Å². The van der Waals surface area contributed by atoms with Gasteiger partial charge in [0.05, 0.1) is 53.3 Å². The molecular formula is C52H63ClN8O9S. The molecule has 10 rings (SSSR count). The largest absolute Gasteiger partial charge is 0.595 e. The zero-order chi connectivity index (χ0) is 49.4. The second-order valence-electron chi connectivity index (χ2n) is 20.2. The lowest BCUT2D eigenvalue weighted by atomic mass is 9.71. The second kappa shape index (κ2) is 20.7. The maximum Gasteiger partial charge on any atom is 0.267 e. The van der Waals surface area contributed by atoms with Crippen LogP contribution in [0.2, 0.25) is 5.02 Å². The summed E-state index contributed by atoms with van der Waals surface area (Å²) in [6.07, 6.45) is 6.88. The van der Waals surface area contributed by atoms with Crippen molar-refractivity contribution >= 4 is 72.6 Å². The number of hydrogen-bond acceptors (Lipinski definition) is 14. The van der Waals surface area contributed by atoms with Crippen LogP contribution in [0.3, 0.4) is 0 Å². The highest BCUT2D eigenvalue weighted by Gasteiger charge is 2.39. The summed E-state index contributed by atoms with van der Waals surface area (Å²) in [4.78, 5) is 29.0. The Balaban J connectivity index is 0.964. The molecule has 3 atom stereocenters. The number of aromatic nitrogens is 2. The molecule has 2 aromatic heterocycles. The fourth-order valence-electron chi connectivity index (χ4n) is 10.8. The van der Waals surface area contributed by atoms with Crippen molar-refractivity contribution in [2.75, 3.05) is 87.9 Å². The Morgan fingerprint density at radius 2 is 1.85 bits per heavy atom. The average molecular weight is 1010 g/mol. The highest BCUT2D eigenvalue weighted by Crippen LogP contribution is 2.46. The zero-order valence-corrected chi connectivity index (χ0v) is 42.0. The summed E-state index contributed by atoms with van der Waals surface area (Å²) in [5.41, 5.74) is 6.63. The van der Waals surface area contributed by atoms with Gasteiger partial charge in [-0.25, -0.2) is 18.3 Å². The third-order valence-electron chi connectivity index (χ3n) is 14.7. The molecule has 2 unspecified atom stereocenters. The third-order valence-corrected chi connectivity index (χ3v) is 16.3. The van der Waals surface area contributed by atoms with Crippen LogP contribution in [0.15, 0.2) is 89.5 Å². The fraction of sp³-hybridized carbons (Fsp3) is 0.462. The van der Waals surface area contributed by atoms with Crippen molar-refractivity contribution in [2.45, 2.75) is 75.5 Å². The molecule has 1 amide bonds. The van der Waals surface area contributed by atoms with Gasteiger partial charge in [0.1, 0.15) is 11.3 Å². The number of pyridine rings is 1. The van der Waals surface area contributed by atoms with E-state index in [2.05, 4.69) is 50.8 Å². The minimum absolute atomic E-state index is 0.0184. The molecule has 3 aliphatic heterocycles. The van der Waals surface area contributed by atoms with E-state index in [0.717, 1.165) is 62.3 Å². The number of carbonyl (C=O) groups excluding carboxylic acids is 1. The van der Waals surface area contributed by atoms with Gasteiger partial charge in [0.25, 0.3) is 15.9 Å². The molecule has 5 aromatic rings. The molecule has 378 valence electrons. The molecule has 1 saturated carbocycles. The molecule has 19 heteroatoms. The van der Waals surface area contributed by atoms with Crippen LogP contribution in [0, 0.1) is 16.5 Å². The maximum atomic E-state index is 14.6. The van der Waals surface area contributed by atoms with Crippen LogP contribution in [0.1, 0.15) is 68.3 Å². The number of H-pyrrole nitrogens is 1. The van der Waals surface area contributed by atoms with Crippen LogP contribution in [-0.2, 0) is 24.2 Å². The molecule has 0 spiro atoms. The molecule has 2 saturated heterocycles. The summed E-state index contributed by atoms with van der Waals surface area (Å²) < 4.78 is 55.1. The topological polar surface area (TPSA) is 198 Å². The van der Waals surface area contributed by atoms with E-state index in [1.165, 1.54) is 28.8 Å². The molecule has 5 aliphatic rings. The van der Waals surface area contributed by atoms with Crippen molar-refractivity contribution in [3.63, 3.8) is 0 Å². The third kappa shape index (κ3) is 10.8. The number of ether oxygens (including phenoxy) is 4. The number of nitrogens with zero attached hydrogens (tertiary/aromatic N) is 4. The highest BCUT2D eigenvalue weighted by molar-refractivity contribution is 7.90. The Bertz CT molecular complexity index is 2890. The number of sulfonamides is 1. The number of quaternary nitrogens is 1. The number of hydrogen-bond donors (Lipinski definition) is 5. The van der Waals surface area contributed by atoms with E-state index in [0.29, 0.717) is 92.9 Å². The minimum Gasteiger partial charge on any atom is -0.595 e. The number of piperazine rings is 1. The quantitative estimate of drug-likeness (QED) is 0.0843. The Hall–Kier alpha value is -5.28. The van der Waals surface area contributed by atoms with Crippen molar-refractivity contribution in [1.82, 2.24) is 19.6 Å². The van der Waals surface area contributed by atoms with E-state index >= 15 is 0 Å². The number of aromatic amines is 1. The first-order valence-corrected chi connectivity index (χ1v) is 26.5. The number of carbonyl (C=O) groups is 1. The van der Waals surface area contributed by atoms with Crippen molar-refractivity contribution in [2.24, 2.45) is 11.3 Å². The Labute approximate surface area is 419 Å². The number of allylic oxidation sites excluding steroid dienone is 1. The number of methoxy groups -OCH3 is 1. The van der Waals surface area contributed by atoms with Crippen LogP contribution in [-0.4, -0.2) is 125 Å². The molecule has 17 nitrogen and oxygen atoms in total. The van der Waals surface area contributed by atoms with Gasteiger partial charge in [-0.3, -0.25) is 9.69 Å². The lowest BCUT2D eigenvalue weighted by molar-refractivity contribution is -0.990. The summed E-state index contributed by atoms with van der Waals surface area (Å²) in [6.45, 7) is 10.5. The number of amides is 1. The number of rotatable bonds is 11. The van der Waals surface area contributed by atoms with Gasteiger partial charge in [-0.05, 0) is 121 Å². The highest BCUT2D eigenvalue weighted by atomic mass is 35.5. The summed E-state index contributed by atoms with van der Waals surface area (Å²) in [7, 11) is -2.90. The molecule has 5 N–H and O–H groups in total. The smallest absolute Gasteiger partial charge is 0.267 e. The zero-order valence-electron chi connectivity index (χ0n) is 40.4. The number of anilines is 4. The summed E-state index contributed by atoms with van der Waals surface area (Å²) >= 11 is 6.38. The van der Waals surface area contributed by atoms with E-state index in [1.54, 1.807) is 19.4 Å². The van der Waals surface area contributed by atoms with Crippen molar-refractivity contribution in [1.29, 1.82) is 0 Å². The van der Waals surface area contributed by atoms with E-state index in [-0.39, 0.29) is 45.5 Å². The Kier molecular flexibility index (Phi) is 14.4. The van der Waals surface area contributed by atoms with Gasteiger partial charge in [-0.1, -0.05) is 37.6 Å². The first-order valence-electron chi connectivity index (χ1n) is 24.6. The van der Waals surface area contributed by atoms with Crippen LogP contribution in [0.4, 0.5) is 28.4 Å². The number of fused-ring (bicyclic) bond motifs is 4. The molecule has 2 aliphatic carbocycles. The fourth-order valence-corrected chi connectivity index (χ4v) is 11.9. The summed E-state index contributed by atoms with van der Waals surface area (Å²) in [6, 6.07) is 21.4. The Morgan fingerprint density at radius 3 is 2.65 bits per heavy atom. The predicted octanol–water partition coefficient (Wildman–Crippen LogP) is 7.07. The molecule has 71 heavy (non-hydrogen) atoms. The molecule has 0 radical (unpaired) electrons. The predicted molar refractivity (Wildman–Crippen MR) is 273 cm³/mol. The van der Waals surface area contributed by atoms with E-state index < -0.39 is 21.2 Å². The molecule has 5 heterocycles. The maximum absolute atomic E-state index is 14.6. The minimum atomic E-state index is -4.56. The molecular weight excluding hydrogens is 948 g/mol. The number of benzene rings is 3. The van der Waals surface area contributed by atoms with Crippen LogP contribution in [0.5, 0.6) is 5.88 Å². The first kappa shape index (κ1) is 49.3. The van der Waals surface area contributed by atoms with Gasteiger partial charge >= 0.3 is 0 Å². The summed E-state index contributed by atoms with van der Waals surface area (Å²) in [5, 5.41) is 26.0. The van der Waals surface area contributed by atoms with Gasteiger partial charge in [0, 0.05) is 88.0 Å². The molecule has 3 fully saturated rings. The Morgan fingerprint density at radius 1 is 1.01 bits per heavy atom. The monoisotopic (exact) mass is 1010 g/mol. The van der Waals surface area contributed by atoms with Crippen LogP contribution in [0.25, 0.3) is 16.6 Å². The average Bonchev–Trinajstić information content (AvgIpc) is 3.68. The second-order valence-corrected chi connectivity index (χ2v) is 22.3. The molecule has 0 bridgehead atoms. The first-order chi connectivity index (χ1) is 34.2. The van der Waals surface area contributed by atoms with Crippen molar-refractivity contribution in [3.8, 4) is 5.88 Å². The van der Waals surface area contributed by atoms with Gasteiger partial charge in [0.15, 0.2) is 5.69 Å². The molecule has 3 aromatic carbocycles. The van der Waals surface area contributed by atoms with E-state index in [4.69, 9.17) is 35.5 Å². The van der Waals surface area contributed by atoms with Gasteiger partial charge in [-0.15, -0.1) is 0 Å². The van der Waals surface area contributed by atoms with Crippen molar-refractivity contribution in [3.05, 3.63) is 106 Å². The SMILES string of the molecule is COC1CC(CNc2ccc(S(=O)(=O)NC(=O)c3ccc(N4CCN5CC6=C(c7ccc(Cl)cc7)CC(C)(C)C[C@H]6OCCCOCC5C4)cc3N3CCCOc4nc5[nH]ccc5cc43)cc2[NH+]([O-])O)C1.